The largest absolute Gasteiger partial charge is 0.493 e. The average Bonchev–Trinajstić information content (AvgIpc) is 3.26. The summed E-state index contributed by atoms with van der Waals surface area (Å²) in [5, 5.41) is 2.23. The summed E-state index contributed by atoms with van der Waals surface area (Å²) >= 11 is 0. The summed E-state index contributed by atoms with van der Waals surface area (Å²) in [5.41, 5.74) is 1.34. The number of carbonyl (C=O) groups excluding carboxylic acids is 1. The van der Waals surface area contributed by atoms with E-state index >= 15 is 0 Å². The Balaban J connectivity index is 1.60. The first-order valence-corrected chi connectivity index (χ1v) is 10.4. The Kier molecular flexibility index (Phi) is 6.70. The van der Waals surface area contributed by atoms with Crippen molar-refractivity contribution in [3.8, 4) is 11.5 Å². The lowest BCUT2D eigenvalue weighted by atomic mass is 10.1. The van der Waals surface area contributed by atoms with Gasteiger partial charge in [-0.1, -0.05) is 6.07 Å². The molecule has 1 amide bonds. The number of pyridine rings is 1. The number of methoxy groups -OCH3 is 2. The third-order valence-electron chi connectivity index (χ3n) is 4.14. The molecule has 0 aliphatic carbocycles. The number of carbonyl (C=O) groups is 1. The zero-order chi connectivity index (χ0) is 21.6. The maximum Gasteiger partial charge on any atom is 0.291 e. The average molecular weight is 431 g/mol. The summed E-state index contributed by atoms with van der Waals surface area (Å²) in [4.78, 5) is 16.1. The van der Waals surface area contributed by atoms with E-state index in [2.05, 4.69) is 15.0 Å². The van der Waals surface area contributed by atoms with E-state index in [0.29, 0.717) is 23.6 Å². The minimum Gasteiger partial charge on any atom is -0.493 e. The van der Waals surface area contributed by atoms with Crippen LogP contribution in [0.2, 0.25) is 0 Å². The van der Waals surface area contributed by atoms with Crippen LogP contribution in [0.1, 0.15) is 16.1 Å². The number of aromatic nitrogens is 1. The number of furan rings is 1. The van der Waals surface area contributed by atoms with Crippen molar-refractivity contribution >= 4 is 21.6 Å². The van der Waals surface area contributed by atoms with E-state index in [4.69, 9.17) is 13.9 Å². The number of sulfonamides is 1. The van der Waals surface area contributed by atoms with Crippen molar-refractivity contribution in [2.24, 2.45) is 0 Å². The molecule has 1 aromatic carbocycles. The molecule has 3 rings (SSSR count). The van der Waals surface area contributed by atoms with Gasteiger partial charge in [0.1, 0.15) is 0 Å². The van der Waals surface area contributed by atoms with Crippen LogP contribution in [0.4, 0.5) is 5.69 Å². The van der Waals surface area contributed by atoms with Crippen LogP contribution in [0.25, 0.3) is 0 Å². The molecule has 0 atom stereocenters. The Labute approximate surface area is 174 Å². The van der Waals surface area contributed by atoms with Gasteiger partial charge in [0.15, 0.2) is 17.3 Å². The lowest BCUT2D eigenvalue weighted by molar-refractivity contribution is 0.0991. The number of hydrogen-bond acceptors (Lipinski definition) is 7. The van der Waals surface area contributed by atoms with E-state index in [0.717, 1.165) is 5.56 Å². The molecule has 0 radical (unpaired) electrons. The molecule has 10 heteroatoms. The van der Waals surface area contributed by atoms with Gasteiger partial charge in [0, 0.05) is 12.7 Å². The minimum atomic E-state index is -3.91. The highest BCUT2D eigenvalue weighted by Gasteiger charge is 2.21. The normalized spacial score (nSPS) is 11.1. The minimum absolute atomic E-state index is 0.126. The first kappa shape index (κ1) is 21.3. The Morgan fingerprint density at radius 3 is 2.60 bits per heavy atom. The van der Waals surface area contributed by atoms with Crippen LogP contribution in [0.5, 0.6) is 11.5 Å². The van der Waals surface area contributed by atoms with Crippen molar-refractivity contribution in [1.82, 2.24) is 9.71 Å². The number of benzene rings is 1. The third kappa shape index (κ3) is 5.16. The van der Waals surface area contributed by atoms with Crippen molar-refractivity contribution in [1.29, 1.82) is 0 Å². The molecule has 0 aliphatic rings. The molecule has 0 fully saturated rings. The van der Waals surface area contributed by atoms with Crippen LogP contribution >= 0.6 is 0 Å². The smallest absolute Gasteiger partial charge is 0.291 e. The molecule has 0 bridgehead atoms. The SMILES string of the molecule is COc1ccc(CCNS(=O)(=O)c2ccc(C(=O)Nc3cccnc3)o2)cc1OC. The molecule has 0 spiro atoms. The fraction of sp³-hybridized carbons (Fsp3) is 0.200. The van der Waals surface area contributed by atoms with Crippen molar-refractivity contribution in [2.75, 3.05) is 26.1 Å². The lowest BCUT2D eigenvalue weighted by Gasteiger charge is -2.10. The van der Waals surface area contributed by atoms with Gasteiger partial charge in [-0.15, -0.1) is 0 Å². The second-order valence-corrected chi connectivity index (χ2v) is 7.85. The number of rotatable bonds is 9. The van der Waals surface area contributed by atoms with Crippen LogP contribution in [-0.4, -0.2) is 40.1 Å². The number of nitrogens with one attached hydrogen (secondary N) is 2. The van der Waals surface area contributed by atoms with Crippen LogP contribution in [0.3, 0.4) is 0 Å². The van der Waals surface area contributed by atoms with Gasteiger partial charge in [0.25, 0.3) is 15.9 Å². The van der Waals surface area contributed by atoms with Crippen LogP contribution in [-0.2, 0) is 16.4 Å². The molecular weight excluding hydrogens is 410 g/mol. The van der Waals surface area contributed by atoms with E-state index in [-0.39, 0.29) is 17.4 Å². The molecule has 2 aromatic heterocycles. The molecule has 0 saturated heterocycles. The van der Waals surface area contributed by atoms with Gasteiger partial charge >= 0.3 is 0 Å². The maximum absolute atomic E-state index is 12.4. The summed E-state index contributed by atoms with van der Waals surface area (Å²) in [6.07, 6.45) is 3.46. The summed E-state index contributed by atoms with van der Waals surface area (Å²) in [6.45, 7) is 0.135. The topological polar surface area (TPSA) is 120 Å². The standard InChI is InChI=1S/C20H21N3O6S/c1-27-16-6-5-14(12-18(16)28-2)9-11-22-30(25,26)19-8-7-17(29-19)20(24)23-15-4-3-10-21-13-15/h3-8,10,12-13,22H,9,11H2,1-2H3,(H,23,24). The van der Waals surface area contributed by atoms with Gasteiger partial charge in [-0.3, -0.25) is 9.78 Å². The number of ether oxygens (including phenoxy) is 2. The summed E-state index contributed by atoms with van der Waals surface area (Å²) in [7, 11) is -0.836. The van der Waals surface area contributed by atoms with E-state index < -0.39 is 15.9 Å². The van der Waals surface area contributed by atoms with Gasteiger partial charge in [0.2, 0.25) is 5.09 Å². The molecule has 3 aromatic rings. The third-order valence-corrected chi connectivity index (χ3v) is 5.48. The predicted molar refractivity (Wildman–Crippen MR) is 109 cm³/mol. The molecular formula is C20H21N3O6S. The summed E-state index contributed by atoms with van der Waals surface area (Å²) in [6, 6.07) is 11.2. The Bertz CT molecular complexity index is 1110. The lowest BCUT2D eigenvalue weighted by Crippen LogP contribution is -2.25. The molecule has 0 aliphatic heterocycles. The second-order valence-electron chi connectivity index (χ2n) is 6.15. The number of amides is 1. The zero-order valence-corrected chi connectivity index (χ0v) is 17.2. The van der Waals surface area contributed by atoms with Crippen molar-refractivity contribution in [2.45, 2.75) is 11.5 Å². The Hall–Kier alpha value is -3.37. The van der Waals surface area contributed by atoms with Crippen LogP contribution in [0.15, 0.2) is 64.4 Å². The molecule has 158 valence electrons. The predicted octanol–water partition coefficient (Wildman–Crippen LogP) is 2.47. The fourth-order valence-electron chi connectivity index (χ4n) is 2.65. The highest BCUT2D eigenvalue weighted by atomic mass is 32.2. The van der Waals surface area contributed by atoms with Crippen molar-refractivity contribution < 1.29 is 27.1 Å². The van der Waals surface area contributed by atoms with Crippen LogP contribution < -0.4 is 19.5 Å². The van der Waals surface area contributed by atoms with E-state index in [9.17, 15) is 13.2 Å². The monoisotopic (exact) mass is 431 g/mol. The molecule has 2 heterocycles. The van der Waals surface area contributed by atoms with Crippen molar-refractivity contribution in [3.05, 3.63) is 66.2 Å². The number of anilines is 1. The molecule has 2 N–H and O–H groups in total. The molecule has 0 unspecified atom stereocenters. The van der Waals surface area contributed by atoms with Gasteiger partial charge in [-0.05, 0) is 48.4 Å². The molecule has 9 nitrogen and oxygen atoms in total. The highest BCUT2D eigenvalue weighted by molar-refractivity contribution is 7.89. The van der Waals surface area contributed by atoms with Gasteiger partial charge in [-0.2, -0.15) is 0 Å². The van der Waals surface area contributed by atoms with Crippen LogP contribution in [0, 0.1) is 0 Å². The Morgan fingerprint density at radius 1 is 1.10 bits per heavy atom. The van der Waals surface area contributed by atoms with Gasteiger partial charge in [-0.25, -0.2) is 13.1 Å². The number of nitrogens with zero attached hydrogens (tertiary/aromatic N) is 1. The Morgan fingerprint density at radius 2 is 1.90 bits per heavy atom. The van der Waals surface area contributed by atoms with E-state index in [1.165, 1.54) is 25.4 Å². The van der Waals surface area contributed by atoms with Gasteiger partial charge in [0.05, 0.1) is 26.1 Å². The van der Waals surface area contributed by atoms with E-state index in [1.807, 2.05) is 6.07 Å². The quantitative estimate of drug-likeness (QED) is 0.534. The van der Waals surface area contributed by atoms with E-state index in [1.54, 1.807) is 37.6 Å². The van der Waals surface area contributed by atoms with Gasteiger partial charge < -0.3 is 19.2 Å². The molecule has 30 heavy (non-hydrogen) atoms. The maximum atomic E-state index is 12.4. The molecule has 0 saturated carbocycles. The summed E-state index contributed by atoms with van der Waals surface area (Å²) in [5.74, 6) is 0.455. The fourth-order valence-corrected chi connectivity index (χ4v) is 3.61. The second kappa shape index (κ2) is 9.42. The zero-order valence-electron chi connectivity index (χ0n) is 16.4. The number of hydrogen-bond donors (Lipinski definition) is 2. The highest BCUT2D eigenvalue weighted by Crippen LogP contribution is 2.27. The first-order chi connectivity index (χ1) is 14.4. The first-order valence-electron chi connectivity index (χ1n) is 8.94. The summed E-state index contributed by atoms with van der Waals surface area (Å²) < 4.78 is 43.0. The van der Waals surface area contributed by atoms with Crippen molar-refractivity contribution in [3.63, 3.8) is 0 Å².